The number of hydrogen-bond donors (Lipinski definition) is 2. The van der Waals surface area contributed by atoms with Gasteiger partial charge in [0, 0.05) is 19.6 Å². The summed E-state index contributed by atoms with van der Waals surface area (Å²) < 4.78 is 32.6. The maximum Gasteiger partial charge on any atom is 0.317 e. The summed E-state index contributed by atoms with van der Waals surface area (Å²) in [4.78, 5) is 12.8. The number of benzene rings is 1. The molecule has 2 amide bonds. The first-order chi connectivity index (χ1) is 9.61. The lowest BCUT2D eigenvalue weighted by molar-refractivity contribution is 0.199. The van der Waals surface area contributed by atoms with Gasteiger partial charge in [-0.25, -0.2) is 13.6 Å². The number of carbonyl (C=O) groups is 1. The van der Waals surface area contributed by atoms with Crippen LogP contribution in [0.5, 0.6) is 5.75 Å². The second-order valence-corrected chi connectivity index (χ2v) is 4.49. The quantitative estimate of drug-likeness (QED) is 0.822. The van der Waals surface area contributed by atoms with E-state index >= 15 is 0 Å². The number of urea groups is 1. The Balaban J connectivity index is 1.93. The number of amides is 2. The zero-order valence-electron chi connectivity index (χ0n) is 11.2. The topological polar surface area (TPSA) is 53.6 Å². The standard InChI is InChI=1S/C13H17F2N3O2/c1-16-8-9-6-10(14)12(11(15)7-9)20-5-4-18-3-2-17-13(18)19/h6-7,16H,2-5,8H2,1H3,(H,17,19). The van der Waals surface area contributed by atoms with E-state index in [2.05, 4.69) is 10.6 Å². The van der Waals surface area contributed by atoms with Crippen LogP contribution in [-0.2, 0) is 6.54 Å². The number of halogens is 2. The fourth-order valence-corrected chi connectivity index (χ4v) is 2.04. The molecule has 7 heteroatoms. The van der Waals surface area contributed by atoms with Crippen LogP contribution in [0.3, 0.4) is 0 Å². The van der Waals surface area contributed by atoms with Crippen molar-refractivity contribution in [1.29, 1.82) is 0 Å². The molecule has 20 heavy (non-hydrogen) atoms. The van der Waals surface area contributed by atoms with E-state index in [-0.39, 0.29) is 12.6 Å². The van der Waals surface area contributed by atoms with Crippen LogP contribution >= 0.6 is 0 Å². The molecule has 0 radical (unpaired) electrons. The second kappa shape index (κ2) is 6.51. The van der Waals surface area contributed by atoms with Gasteiger partial charge in [-0.2, -0.15) is 0 Å². The van der Waals surface area contributed by atoms with Crippen LogP contribution in [-0.4, -0.2) is 44.2 Å². The molecule has 2 rings (SSSR count). The Kier molecular flexibility index (Phi) is 4.73. The van der Waals surface area contributed by atoms with E-state index in [1.165, 1.54) is 17.0 Å². The fraction of sp³-hybridized carbons (Fsp3) is 0.462. The highest BCUT2D eigenvalue weighted by molar-refractivity contribution is 5.76. The van der Waals surface area contributed by atoms with E-state index in [9.17, 15) is 13.6 Å². The van der Waals surface area contributed by atoms with Crippen molar-refractivity contribution in [1.82, 2.24) is 15.5 Å². The van der Waals surface area contributed by atoms with Gasteiger partial charge >= 0.3 is 6.03 Å². The predicted molar refractivity (Wildman–Crippen MR) is 69.6 cm³/mol. The maximum absolute atomic E-state index is 13.7. The maximum atomic E-state index is 13.7. The normalized spacial score (nSPS) is 14.6. The third-order valence-electron chi connectivity index (χ3n) is 2.99. The van der Waals surface area contributed by atoms with Crippen molar-refractivity contribution in [3.05, 3.63) is 29.3 Å². The molecule has 0 spiro atoms. The molecule has 1 aliphatic rings. The first kappa shape index (κ1) is 14.5. The monoisotopic (exact) mass is 285 g/mol. The Labute approximate surface area is 115 Å². The third kappa shape index (κ3) is 3.36. The van der Waals surface area contributed by atoms with Gasteiger partial charge in [0.1, 0.15) is 6.61 Å². The van der Waals surface area contributed by atoms with Gasteiger partial charge in [-0.3, -0.25) is 0 Å². The van der Waals surface area contributed by atoms with Crippen molar-refractivity contribution >= 4 is 6.03 Å². The summed E-state index contributed by atoms with van der Waals surface area (Å²) in [5, 5.41) is 5.46. The molecule has 0 saturated carbocycles. The summed E-state index contributed by atoms with van der Waals surface area (Å²) >= 11 is 0. The first-order valence-electron chi connectivity index (χ1n) is 6.40. The van der Waals surface area contributed by atoms with Gasteiger partial charge in [-0.1, -0.05) is 0 Å². The lowest BCUT2D eigenvalue weighted by atomic mass is 10.2. The molecule has 2 N–H and O–H groups in total. The Morgan fingerprint density at radius 2 is 2.10 bits per heavy atom. The van der Waals surface area contributed by atoms with Crippen molar-refractivity contribution < 1.29 is 18.3 Å². The minimum atomic E-state index is -0.735. The minimum Gasteiger partial charge on any atom is -0.486 e. The summed E-state index contributed by atoms with van der Waals surface area (Å²) in [6.45, 7) is 1.88. The average Bonchev–Trinajstić information content (AvgIpc) is 2.79. The van der Waals surface area contributed by atoms with Crippen molar-refractivity contribution in [2.75, 3.05) is 33.3 Å². The van der Waals surface area contributed by atoms with Crippen LogP contribution in [0.1, 0.15) is 5.56 Å². The van der Waals surface area contributed by atoms with Crippen LogP contribution in [0.15, 0.2) is 12.1 Å². The van der Waals surface area contributed by atoms with E-state index in [0.717, 1.165) is 0 Å². The first-order valence-corrected chi connectivity index (χ1v) is 6.40. The van der Waals surface area contributed by atoms with Gasteiger partial charge in [-0.15, -0.1) is 0 Å². The van der Waals surface area contributed by atoms with Crippen molar-refractivity contribution in [3.8, 4) is 5.75 Å². The highest BCUT2D eigenvalue weighted by Gasteiger charge is 2.19. The van der Waals surface area contributed by atoms with Crippen molar-refractivity contribution in [2.24, 2.45) is 0 Å². The molecule has 5 nitrogen and oxygen atoms in total. The molecule has 1 saturated heterocycles. The van der Waals surface area contributed by atoms with Gasteiger partial charge in [0.15, 0.2) is 17.4 Å². The van der Waals surface area contributed by atoms with Gasteiger partial charge in [-0.05, 0) is 24.7 Å². The summed E-state index contributed by atoms with van der Waals surface area (Å²) in [5.41, 5.74) is 0.508. The molecule has 1 aliphatic heterocycles. The molecular formula is C13H17F2N3O2. The number of rotatable bonds is 6. The number of hydrogen-bond acceptors (Lipinski definition) is 3. The molecule has 0 atom stereocenters. The summed E-state index contributed by atoms with van der Waals surface area (Å²) in [5.74, 6) is -1.87. The molecule has 1 aromatic carbocycles. The molecule has 0 aromatic heterocycles. The van der Waals surface area contributed by atoms with E-state index in [4.69, 9.17) is 4.74 Å². The van der Waals surface area contributed by atoms with Gasteiger partial charge in [0.2, 0.25) is 0 Å². The van der Waals surface area contributed by atoms with E-state index < -0.39 is 17.4 Å². The molecular weight excluding hydrogens is 268 g/mol. The molecule has 110 valence electrons. The van der Waals surface area contributed by atoms with Crippen molar-refractivity contribution in [2.45, 2.75) is 6.54 Å². The van der Waals surface area contributed by atoms with Crippen LogP contribution in [0.25, 0.3) is 0 Å². The van der Waals surface area contributed by atoms with Gasteiger partial charge < -0.3 is 20.3 Å². The number of ether oxygens (including phenoxy) is 1. The second-order valence-electron chi connectivity index (χ2n) is 4.49. The zero-order chi connectivity index (χ0) is 14.5. The highest BCUT2D eigenvalue weighted by Crippen LogP contribution is 2.23. The molecule has 1 fully saturated rings. The lowest BCUT2D eigenvalue weighted by Gasteiger charge is -2.15. The molecule has 0 unspecified atom stereocenters. The molecule has 0 aliphatic carbocycles. The zero-order valence-corrected chi connectivity index (χ0v) is 11.2. The van der Waals surface area contributed by atoms with Crippen LogP contribution in [0, 0.1) is 11.6 Å². The number of nitrogens with zero attached hydrogens (tertiary/aromatic N) is 1. The van der Waals surface area contributed by atoms with E-state index in [1.807, 2.05) is 0 Å². The lowest BCUT2D eigenvalue weighted by Crippen LogP contribution is -2.32. The Bertz CT molecular complexity index is 473. The molecule has 1 heterocycles. The Morgan fingerprint density at radius 3 is 2.65 bits per heavy atom. The van der Waals surface area contributed by atoms with Crippen LogP contribution < -0.4 is 15.4 Å². The van der Waals surface area contributed by atoms with Gasteiger partial charge in [0.05, 0.1) is 6.54 Å². The fourth-order valence-electron chi connectivity index (χ4n) is 2.04. The van der Waals surface area contributed by atoms with Crippen LogP contribution in [0.4, 0.5) is 13.6 Å². The smallest absolute Gasteiger partial charge is 0.317 e. The number of nitrogens with one attached hydrogen (secondary N) is 2. The molecule has 0 bridgehead atoms. The minimum absolute atomic E-state index is 0.0482. The summed E-state index contributed by atoms with van der Waals surface area (Å²) in [6, 6.07) is 2.29. The Morgan fingerprint density at radius 1 is 1.40 bits per heavy atom. The third-order valence-corrected chi connectivity index (χ3v) is 2.99. The SMILES string of the molecule is CNCc1cc(F)c(OCCN2CCNC2=O)c(F)c1. The predicted octanol–water partition coefficient (Wildman–Crippen LogP) is 1.09. The Hall–Kier alpha value is -1.89. The number of carbonyl (C=O) groups excluding carboxylic acids is 1. The van der Waals surface area contributed by atoms with Crippen molar-refractivity contribution in [3.63, 3.8) is 0 Å². The summed E-state index contributed by atoms with van der Waals surface area (Å²) in [7, 11) is 1.70. The summed E-state index contributed by atoms with van der Waals surface area (Å²) in [6.07, 6.45) is 0. The largest absolute Gasteiger partial charge is 0.486 e. The van der Waals surface area contributed by atoms with E-state index in [0.29, 0.717) is 31.7 Å². The van der Waals surface area contributed by atoms with E-state index in [1.54, 1.807) is 7.05 Å². The van der Waals surface area contributed by atoms with Gasteiger partial charge in [0.25, 0.3) is 0 Å². The molecule has 1 aromatic rings. The highest BCUT2D eigenvalue weighted by atomic mass is 19.1. The average molecular weight is 285 g/mol. The van der Waals surface area contributed by atoms with Crippen LogP contribution in [0.2, 0.25) is 0 Å².